The summed E-state index contributed by atoms with van der Waals surface area (Å²) < 4.78 is 1.81. The number of aryl methyl sites for hydroxylation is 1. The van der Waals surface area contributed by atoms with Crippen LogP contribution in [0, 0.1) is 12.8 Å². The predicted molar refractivity (Wildman–Crippen MR) is 84.9 cm³/mol. The Morgan fingerprint density at radius 1 is 1.30 bits per heavy atom. The third-order valence-corrected chi connectivity index (χ3v) is 3.60. The Bertz CT molecular complexity index is 571. The smallest absolute Gasteiger partial charge is 0.0819 e. The van der Waals surface area contributed by atoms with Crippen LogP contribution in [0.2, 0.25) is 10.0 Å². The van der Waals surface area contributed by atoms with Crippen molar-refractivity contribution in [3.8, 4) is 5.69 Å². The molecule has 0 bridgehead atoms. The predicted octanol–water partition coefficient (Wildman–Crippen LogP) is 4.23. The van der Waals surface area contributed by atoms with E-state index in [1.54, 1.807) is 4.68 Å². The Kier molecular flexibility index (Phi) is 5.08. The summed E-state index contributed by atoms with van der Waals surface area (Å²) in [5.41, 5.74) is 2.93. The Morgan fingerprint density at radius 2 is 2.05 bits per heavy atom. The number of hydrogen-bond acceptors (Lipinski definition) is 2. The molecule has 1 aromatic carbocycles. The van der Waals surface area contributed by atoms with Gasteiger partial charge in [0.2, 0.25) is 0 Å². The SMILES string of the molecule is Cc1nn(-c2ccc(Cl)cc2CNCC(C)C)cc1Cl. The minimum absolute atomic E-state index is 0.610. The highest BCUT2D eigenvalue weighted by Gasteiger charge is 2.09. The number of nitrogens with zero attached hydrogens (tertiary/aromatic N) is 2. The third kappa shape index (κ3) is 3.75. The lowest BCUT2D eigenvalue weighted by atomic mass is 10.1. The molecular weight excluding hydrogens is 293 g/mol. The Morgan fingerprint density at radius 3 is 2.65 bits per heavy atom. The fourth-order valence-electron chi connectivity index (χ4n) is 1.98. The number of aromatic nitrogens is 2. The Balaban J connectivity index is 2.27. The van der Waals surface area contributed by atoms with Crippen molar-refractivity contribution in [3.63, 3.8) is 0 Å². The zero-order chi connectivity index (χ0) is 14.7. The molecule has 0 radical (unpaired) electrons. The first-order chi connectivity index (χ1) is 9.47. The van der Waals surface area contributed by atoms with Gasteiger partial charge in [0.25, 0.3) is 0 Å². The molecule has 0 saturated carbocycles. The maximum Gasteiger partial charge on any atom is 0.0819 e. The standard InChI is InChI=1S/C15H19Cl2N3/c1-10(2)7-18-8-12-6-13(16)4-5-15(12)20-9-14(17)11(3)19-20/h4-6,9-10,18H,7-8H2,1-3H3. The van der Waals surface area contributed by atoms with Crippen molar-refractivity contribution < 1.29 is 0 Å². The molecule has 1 N–H and O–H groups in total. The molecule has 0 aliphatic carbocycles. The fraction of sp³-hybridized carbons (Fsp3) is 0.400. The zero-order valence-electron chi connectivity index (χ0n) is 12.0. The van der Waals surface area contributed by atoms with E-state index >= 15 is 0 Å². The van der Waals surface area contributed by atoms with Crippen LogP contribution in [0.3, 0.4) is 0 Å². The first kappa shape index (κ1) is 15.4. The van der Waals surface area contributed by atoms with Crippen molar-refractivity contribution >= 4 is 23.2 Å². The van der Waals surface area contributed by atoms with Gasteiger partial charge in [-0.05, 0) is 43.1 Å². The molecule has 2 rings (SSSR count). The van der Waals surface area contributed by atoms with Gasteiger partial charge in [0.1, 0.15) is 0 Å². The number of benzene rings is 1. The minimum atomic E-state index is 0.610. The Labute approximate surface area is 129 Å². The van der Waals surface area contributed by atoms with E-state index in [4.69, 9.17) is 23.2 Å². The molecule has 0 saturated heterocycles. The summed E-state index contributed by atoms with van der Waals surface area (Å²) in [6.45, 7) is 7.98. The van der Waals surface area contributed by atoms with E-state index in [0.29, 0.717) is 10.9 Å². The van der Waals surface area contributed by atoms with Crippen molar-refractivity contribution in [1.82, 2.24) is 15.1 Å². The number of rotatable bonds is 5. The maximum absolute atomic E-state index is 6.10. The van der Waals surface area contributed by atoms with E-state index in [0.717, 1.165) is 35.1 Å². The molecule has 0 aliphatic heterocycles. The maximum atomic E-state index is 6.10. The molecule has 1 aromatic heterocycles. The summed E-state index contributed by atoms with van der Waals surface area (Å²) in [5.74, 6) is 0.610. The summed E-state index contributed by atoms with van der Waals surface area (Å²) >= 11 is 12.2. The quantitative estimate of drug-likeness (QED) is 0.895. The molecule has 0 fully saturated rings. The number of hydrogen-bond donors (Lipinski definition) is 1. The monoisotopic (exact) mass is 311 g/mol. The molecule has 20 heavy (non-hydrogen) atoms. The largest absolute Gasteiger partial charge is 0.312 e. The summed E-state index contributed by atoms with van der Waals surface area (Å²) in [5, 5.41) is 9.25. The fourth-order valence-corrected chi connectivity index (χ4v) is 2.30. The van der Waals surface area contributed by atoms with Crippen LogP contribution in [-0.2, 0) is 6.54 Å². The van der Waals surface area contributed by atoms with Crippen molar-refractivity contribution in [2.24, 2.45) is 5.92 Å². The lowest BCUT2D eigenvalue weighted by molar-refractivity contribution is 0.551. The van der Waals surface area contributed by atoms with Gasteiger partial charge in [-0.2, -0.15) is 5.10 Å². The molecule has 3 nitrogen and oxygen atoms in total. The van der Waals surface area contributed by atoms with Crippen LogP contribution in [-0.4, -0.2) is 16.3 Å². The zero-order valence-corrected chi connectivity index (χ0v) is 13.5. The van der Waals surface area contributed by atoms with Gasteiger partial charge >= 0.3 is 0 Å². The van der Waals surface area contributed by atoms with Gasteiger partial charge in [0, 0.05) is 17.8 Å². The second-order valence-electron chi connectivity index (χ2n) is 5.30. The lowest BCUT2D eigenvalue weighted by Crippen LogP contribution is -2.20. The molecule has 0 amide bonds. The molecule has 1 heterocycles. The molecular formula is C15H19Cl2N3. The van der Waals surface area contributed by atoms with Gasteiger partial charge in [0.15, 0.2) is 0 Å². The minimum Gasteiger partial charge on any atom is -0.312 e. The summed E-state index contributed by atoms with van der Waals surface area (Å²) in [7, 11) is 0. The molecule has 0 atom stereocenters. The topological polar surface area (TPSA) is 29.9 Å². The average molecular weight is 312 g/mol. The van der Waals surface area contributed by atoms with Gasteiger partial charge < -0.3 is 5.32 Å². The van der Waals surface area contributed by atoms with Gasteiger partial charge in [0.05, 0.1) is 16.4 Å². The highest BCUT2D eigenvalue weighted by Crippen LogP contribution is 2.22. The first-order valence-electron chi connectivity index (χ1n) is 6.68. The van der Waals surface area contributed by atoms with E-state index < -0.39 is 0 Å². The summed E-state index contributed by atoms with van der Waals surface area (Å²) in [6.07, 6.45) is 1.83. The normalized spacial score (nSPS) is 11.3. The molecule has 2 aromatic rings. The van der Waals surface area contributed by atoms with E-state index in [2.05, 4.69) is 24.3 Å². The average Bonchev–Trinajstić information content (AvgIpc) is 2.69. The first-order valence-corrected chi connectivity index (χ1v) is 7.44. The van der Waals surface area contributed by atoms with Crippen LogP contribution in [0.4, 0.5) is 0 Å². The number of nitrogens with one attached hydrogen (secondary N) is 1. The molecule has 108 valence electrons. The van der Waals surface area contributed by atoms with Gasteiger partial charge in [-0.3, -0.25) is 0 Å². The van der Waals surface area contributed by atoms with Crippen molar-refractivity contribution in [1.29, 1.82) is 0 Å². The Hall–Kier alpha value is -1.03. The van der Waals surface area contributed by atoms with Gasteiger partial charge in [-0.15, -0.1) is 0 Å². The van der Waals surface area contributed by atoms with Gasteiger partial charge in [-0.1, -0.05) is 37.0 Å². The van der Waals surface area contributed by atoms with E-state index in [1.807, 2.05) is 31.3 Å². The van der Waals surface area contributed by atoms with Crippen molar-refractivity contribution in [2.45, 2.75) is 27.3 Å². The molecule has 0 spiro atoms. The highest BCUT2D eigenvalue weighted by molar-refractivity contribution is 6.31. The summed E-state index contributed by atoms with van der Waals surface area (Å²) in [4.78, 5) is 0. The van der Waals surface area contributed by atoms with Gasteiger partial charge in [-0.25, -0.2) is 4.68 Å². The van der Waals surface area contributed by atoms with Crippen molar-refractivity contribution in [2.75, 3.05) is 6.54 Å². The van der Waals surface area contributed by atoms with Crippen LogP contribution in [0.1, 0.15) is 25.1 Å². The summed E-state index contributed by atoms with van der Waals surface area (Å²) in [6, 6.07) is 5.81. The van der Waals surface area contributed by atoms with Crippen LogP contribution < -0.4 is 5.32 Å². The van der Waals surface area contributed by atoms with Crippen LogP contribution in [0.25, 0.3) is 5.69 Å². The van der Waals surface area contributed by atoms with Crippen LogP contribution in [0.15, 0.2) is 24.4 Å². The van der Waals surface area contributed by atoms with Crippen LogP contribution >= 0.6 is 23.2 Å². The van der Waals surface area contributed by atoms with E-state index in [1.165, 1.54) is 0 Å². The third-order valence-electron chi connectivity index (χ3n) is 3.00. The molecule has 0 unspecified atom stereocenters. The van der Waals surface area contributed by atoms with E-state index in [9.17, 15) is 0 Å². The lowest BCUT2D eigenvalue weighted by Gasteiger charge is -2.12. The molecule has 5 heteroatoms. The number of halogens is 2. The second kappa shape index (κ2) is 6.61. The molecule has 0 aliphatic rings. The van der Waals surface area contributed by atoms with E-state index in [-0.39, 0.29) is 0 Å². The highest BCUT2D eigenvalue weighted by atomic mass is 35.5. The van der Waals surface area contributed by atoms with Crippen molar-refractivity contribution in [3.05, 3.63) is 45.7 Å². The van der Waals surface area contributed by atoms with Crippen LogP contribution in [0.5, 0.6) is 0 Å². The second-order valence-corrected chi connectivity index (χ2v) is 6.15.